The highest BCUT2D eigenvalue weighted by Gasteiger charge is 2.47. The lowest BCUT2D eigenvalue weighted by atomic mass is 9.79. The molecule has 0 radical (unpaired) electrons. The third-order valence-corrected chi connectivity index (χ3v) is 5.18. The first-order valence-electron chi connectivity index (χ1n) is 8.79. The third kappa shape index (κ3) is 2.57. The molecule has 26 heavy (non-hydrogen) atoms. The van der Waals surface area contributed by atoms with Crippen molar-refractivity contribution in [3.8, 4) is 0 Å². The van der Waals surface area contributed by atoms with E-state index in [1.165, 1.54) is 22.3 Å². The van der Waals surface area contributed by atoms with E-state index in [1.807, 2.05) is 24.3 Å². The zero-order valence-corrected chi connectivity index (χ0v) is 15.1. The molecule has 0 amide bonds. The van der Waals surface area contributed by atoms with Gasteiger partial charge in [0.1, 0.15) is 5.54 Å². The van der Waals surface area contributed by atoms with Crippen molar-refractivity contribution >= 4 is 11.4 Å². The second kappa shape index (κ2) is 6.34. The van der Waals surface area contributed by atoms with Gasteiger partial charge in [0, 0.05) is 12.1 Å². The van der Waals surface area contributed by atoms with Crippen molar-refractivity contribution in [3.63, 3.8) is 0 Å². The fourth-order valence-electron chi connectivity index (χ4n) is 4.09. The Kier molecular flexibility index (Phi) is 4.00. The van der Waals surface area contributed by atoms with Crippen LogP contribution in [0.5, 0.6) is 0 Å². The molecule has 4 rings (SSSR count). The second-order valence-electron chi connectivity index (χ2n) is 6.90. The monoisotopic (exact) mass is 339 g/mol. The number of aromatic nitrogens is 1. The van der Waals surface area contributed by atoms with Crippen LogP contribution in [-0.4, -0.2) is 4.98 Å². The van der Waals surface area contributed by atoms with Crippen LogP contribution >= 0.6 is 0 Å². The van der Waals surface area contributed by atoms with Crippen molar-refractivity contribution in [2.45, 2.75) is 25.3 Å². The topological polar surface area (TPSA) is 37.6 Å². The molecule has 1 aromatic heterocycles. The molecule has 2 aromatic carbocycles. The van der Waals surface area contributed by atoms with Gasteiger partial charge in [0.2, 0.25) is 0 Å². The molecule has 0 saturated heterocycles. The second-order valence-corrected chi connectivity index (χ2v) is 6.90. The average Bonchev–Trinajstić information content (AvgIpc) is 2.90. The van der Waals surface area contributed by atoms with Crippen molar-refractivity contribution in [1.82, 2.24) is 4.98 Å². The van der Waals surface area contributed by atoms with Crippen molar-refractivity contribution in [2.75, 3.05) is 0 Å². The van der Waals surface area contributed by atoms with Crippen LogP contribution in [0, 0.1) is 6.92 Å². The Morgan fingerprint density at radius 3 is 2.46 bits per heavy atom. The predicted molar refractivity (Wildman–Crippen MR) is 106 cm³/mol. The van der Waals surface area contributed by atoms with Gasteiger partial charge in [0.15, 0.2) is 5.82 Å². The number of benzene rings is 2. The van der Waals surface area contributed by atoms with E-state index in [0.29, 0.717) is 5.82 Å². The molecule has 0 spiro atoms. The number of hydrogen-bond donors (Lipinski definition) is 0. The fraction of sp³-hybridized carbons (Fsp3) is 0.174. The summed E-state index contributed by atoms with van der Waals surface area (Å²) < 4.78 is 0. The standard InChI is InChI=1S/C23H21N3/c1-16-10-9-13-19-17(2)22(18-11-5-4-6-12-18)23(3,21(16)19)26-25-20-14-7-8-15-24-20/h4-15,22H,2H2,1,3H3/t22-,23-/m0/s1. The lowest BCUT2D eigenvalue weighted by Crippen LogP contribution is -2.24. The van der Waals surface area contributed by atoms with Crippen LogP contribution in [0.3, 0.4) is 0 Å². The highest BCUT2D eigenvalue weighted by molar-refractivity contribution is 5.81. The van der Waals surface area contributed by atoms with E-state index in [0.717, 1.165) is 5.57 Å². The molecule has 2 atom stereocenters. The van der Waals surface area contributed by atoms with Crippen molar-refractivity contribution in [1.29, 1.82) is 0 Å². The minimum absolute atomic E-state index is 0.0484. The Hall–Kier alpha value is -3.07. The number of pyridine rings is 1. The van der Waals surface area contributed by atoms with Gasteiger partial charge < -0.3 is 0 Å². The van der Waals surface area contributed by atoms with Gasteiger partial charge >= 0.3 is 0 Å². The Balaban J connectivity index is 1.90. The van der Waals surface area contributed by atoms with Crippen molar-refractivity contribution < 1.29 is 0 Å². The minimum atomic E-state index is -0.517. The predicted octanol–water partition coefficient (Wildman–Crippen LogP) is 6.20. The Morgan fingerprint density at radius 2 is 1.73 bits per heavy atom. The number of aryl methyl sites for hydroxylation is 1. The quantitative estimate of drug-likeness (QED) is 0.523. The molecule has 1 aliphatic carbocycles. The maximum absolute atomic E-state index is 4.84. The molecule has 0 saturated carbocycles. The summed E-state index contributed by atoms with van der Waals surface area (Å²) in [5.41, 5.74) is 5.38. The number of hydrogen-bond acceptors (Lipinski definition) is 3. The zero-order valence-electron chi connectivity index (χ0n) is 15.1. The maximum Gasteiger partial charge on any atom is 0.173 e. The fourth-order valence-corrected chi connectivity index (χ4v) is 4.09. The molecule has 1 heterocycles. The van der Waals surface area contributed by atoms with Crippen molar-refractivity contribution in [3.05, 3.63) is 102 Å². The van der Waals surface area contributed by atoms with Gasteiger partial charge in [0.05, 0.1) is 0 Å². The molecular formula is C23H21N3. The molecule has 0 bridgehead atoms. The van der Waals surface area contributed by atoms with Gasteiger partial charge in [-0.05, 0) is 53.8 Å². The van der Waals surface area contributed by atoms with Crippen molar-refractivity contribution in [2.24, 2.45) is 10.2 Å². The lowest BCUT2D eigenvalue weighted by Gasteiger charge is -2.29. The zero-order chi connectivity index (χ0) is 18.1. The summed E-state index contributed by atoms with van der Waals surface area (Å²) in [6.45, 7) is 8.71. The van der Waals surface area contributed by atoms with E-state index in [-0.39, 0.29) is 5.92 Å². The molecule has 0 N–H and O–H groups in total. The molecule has 3 nitrogen and oxygen atoms in total. The summed E-state index contributed by atoms with van der Waals surface area (Å²) in [6.07, 6.45) is 1.73. The molecular weight excluding hydrogens is 318 g/mol. The van der Waals surface area contributed by atoms with Gasteiger partial charge in [-0.15, -0.1) is 5.11 Å². The summed E-state index contributed by atoms with van der Waals surface area (Å²) in [7, 11) is 0. The van der Waals surface area contributed by atoms with Crippen LogP contribution < -0.4 is 0 Å². The van der Waals surface area contributed by atoms with Gasteiger partial charge in [-0.3, -0.25) is 0 Å². The van der Waals surface area contributed by atoms with E-state index in [4.69, 9.17) is 5.11 Å². The van der Waals surface area contributed by atoms with E-state index in [9.17, 15) is 0 Å². The number of rotatable bonds is 3. The van der Waals surface area contributed by atoms with Crippen LogP contribution in [0.15, 0.2) is 89.7 Å². The average molecular weight is 339 g/mol. The summed E-state index contributed by atoms with van der Waals surface area (Å²) in [5, 5.41) is 9.32. The van der Waals surface area contributed by atoms with Gasteiger partial charge in [-0.1, -0.05) is 61.2 Å². The van der Waals surface area contributed by atoms with Crippen LogP contribution in [0.2, 0.25) is 0 Å². The van der Waals surface area contributed by atoms with E-state index in [2.05, 4.69) is 73.0 Å². The highest BCUT2D eigenvalue weighted by Crippen LogP contribution is 2.56. The maximum atomic E-state index is 4.84. The first kappa shape index (κ1) is 16.4. The van der Waals surface area contributed by atoms with Crippen LogP contribution in [0.1, 0.15) is 35.1 Å². The molecule has 3 heteroatoms. The largest absolute Gasteiger partial charge is 0.236 e. The summed E-state index contributed by atoms with van der Waals surface area (Å²) in [6, 6.07) is 22.5. The van der Waals surface area contributed by atoms with Crippen LogP contribution in [0.4, 0.5) is 5.82 Å². The molecule has 0 fully saturated rings. The molecule has 128 valence electrons. The molecule has 1 aliphatic rings. The third-order valence-electron chi connectivity index (χ3n) is 5.18. The first-order chi connectivity index (χ1) is 12.6. The first-order valence-corrected chi connectivity index (χ1v) is 8.79. The Bertz CT molecular complexity index is 977. The normalized spacial score (nSPS) is 21.9. The van der Waals surface area contributed by atoms with Gasteiger partial charge in [-0.25, -0.2) is 4.98 Å². The number of nitrogens with zero attached hydrogens (tertiary/aromatic N) is 3. The van der Waals surface area contributed by atoms with Crippen LogP contribution in [-0.2, 0) is 5.54 Å². The number of azo groups is 1. The number of fused-ring (bicyclic) bond motifs is 1. The smallest absolute Gasteiger partial charge is 0.173 e. The molecule has 3 aromatic rings. The Morgan fingerprint density at radius 1 is 0.962 bits per heavy atom. The van der Waals surface area contributed by atoms with E-state index in [1.54, 1.807) is 6.20 Å². The molecule has 0 unspecified atom stereocenters. The Labute approximate surface area is 154 Å². The SMILES string of the molecule is C=C1c2cccc(C)c2[C@](C)(N=Nc2ccccn2)[C@@H]1c1ccccc1. The minimum Gasteiger partial charge on any atom is -0.236 e. The van der Waals surface area contributed by atoms with Crippen LogP contribution in [0.25, 0.3) is 5.57 Å². The van der Waals surface area contributed by atoms with Gasteiger partial charge in [0.25, 0.3) is 0 Å². The van der Waals surface area contributed by atoms with E-state index < -0.39 is 5.54 Å². The summed E-state index contributed by atoms with van der Waals surface area (Å²) in [4.78, 5) is 4.28. The van der Waals surface area contributed by atoms with Gasteiger partial charge in [-0.2, -0.15) is 5.11 Å². The summed E-state index contributed by atoms with van der Waals surface area (Å²) >= 11 is 0. The lowest BCUT2D eigenvalue weighted by molar-refractivity contribution is 0.449. The summed E-state index contributed by atoms with van der Waals surface area (Å²) in [5.74, 6) is 0.667. The van der Waals surface area contributed by atoms with E-state index >= 15 is 0 Å². The highest BCUT2D eigenvalue weighted by atomic mass is 15.2. The molecule has 0 aliphatic heterocycles.